The number of carbonyl (C=O) groups excluding carboxylic acids is 2. The molecule has 0 radical (unpaired) electrons. The van der Waals surface area contributed by atoms with Crippen LogP contribution in [0.4, 0.5) is 4.79 Å². The smallest absolute Gasteiger partial charge is 0.412 e. The Morgan fingerprint density at radius 2 is 2.00 bits per heavy atom. The Kier molecular flexibility index (Phi) is 3.68. The van der Waals surface area contributed by atoms with E-state index >= 15 is 0 Å². The van der Waals surface area contributed by atoms with Crippen molar-refractivity contribution >= 4 is 12.6 Å². The van der Waals surface area contributed by atoms with Crippen LogP contribution in [0.5, 0.6) is 0 Å². The molecule has 0 bridgehead atoms. The van der Waals surface area contributed by atoms with Gasteiger partial charge in [-0.15, -0.1) is 0 Å². The number of hydrogen-bond acceptors (Lipinski definition) is 6. The number of ether oxygens (including phenoxy) is 4. The molecule has 0 unspecified atom stereocenters. The molecule has 2 aliphatic heterocycles. The number of hydrogen-bond donors (Lipinski definition) is 0. The molecule has 0 saturated carbocycles. The van der Waals surface area contributed by atoms with Crippen LogP contribution < -0.4 is 0 Å². The van der Waals surface area contributed by atoms with Crippen molar-refractivity contribution in [1.82, 2.24) is 4.90 Å². The van der Waals surface area contributed by atoms with Gasteiger partial charge in [0.2, 0.25) is 0 Å². The van der Waals surface area contributed by atoms with Gasteiger partial charge in [0.05, 0.1) is 6.54 Å². The first-order valence-corrected chi connectivity index (χ1v) is 6.57. The first kappa shape index (κ1) is 15.1. The fourth-order valence-electron chi connectivity index (χ4n) is 2.36. The Morgan fingerprint density at radius 1 is 1.35 bits per heavy atom. The zero-order chi connectivity index (χ0) is 15.1. The summed E-state index contributed by atoms with van der Waals surface area (Å²) in [6, 6.07) is 0. The Balaban J connectivity index is 2.14. The molecule has 7 heteroatoms. The van der Waals surface area contributed by atoms with Crippen LogP contribution in [0.3, 0.4) is 0 Å². The molecule has 1 amide bonds. The standard InChI is InChI=1S/C13H21NO6/c1-12(2,3)20-11(16)14-6-8(17-7-15)9-10(14)19-13(4,5)18-9/h7-10H,6H2,1-5H3/t8-,9-,10-/m1/s1. The van der Waals surface area contributed by atoms with E-state index in [-0.39, 0.29) is 6.54 Å². The van der Waals surface area contributed by atoms with Gasteiger partial charge in [-0.2, -0.15) is 0 Å². The minimum absolute atomic E-state index is 0.194. The Labute approximate surface area is 118 Å². The van der Waals surface area contributed by atoms with Crippen LogP contribution in [0.2, 0.25) is 0 Å². The maximum atomic E-state index is 12.2. The third-order valence-corrected chi connectivity index (χ3v) is 3.01. The van der Waals surface area contributed by atoms with Crippen LogP contribution in [0, 0.1) is 0 Å². The minimum atomic E-state index is -0.833. The highest BCUT2D eigenvalue weighted by molar-refractivity contribution is 5.69. The van der Waals surface area contributed by atoms with E-state index in [0.717, 1.165) is 0 Å². The highest BCUT2D eigenvalue weighted by atomic mass is 16.8. The van der Waals surface area contributed by atoms with Gasteiger partial charge in [0, 0.05) is 0 Å². The molecule has 114 valence electrons. The van der Waals surface area contributed by atoms with Crippen LogP contribution in [0.15, 0.2) is 0 Å². The van der Waals surface area contributed by atoms with Gasteiger partial charge in [0.25, 0.3) is 6.47 Å². The first-order valence-electron chi connectivity index (χ1n) is 6.57. The van der Waals surface area contributed by atoms with E-state index in [1.807, 2.05) is 0 Å². The SMILES string of the molecule is CC(C)(C)OC(=O)N1C[C@@H](OC=O)[C@H]2OC(C)(C)O[C@H]21. The topological polar surface area (TPSA) is 74.3 Å². The first-order chi connectivity index (χ1) is 9.13. The molecule has 0 aromatic heterocycles. The minimum Gasteiger partial charge on any atom is -0.460 e. The summed E-state index contributed by atoms with van der Waals surface area (Å²) in [6.45, 7) is 9.40. The number of nitrogens with zero attached hydrogens (tertiary/aromatic N) is 1. The third kappa shape index (κ3) is 3.04. The van der Waals surface area contributed by atoms with E-state index in [4.69, 9.17) is 18.9 Å². The lowest BCUT2D eigenvalue weighted by Gasteiger charge is -2.28. The summed E-state index contributed by atoms with van der Waals surface area (Å²) in [4.78, 5) is 24.2. The molecule has 7 nitrogen and oxygen atoms in total. The maximum absolute atomic E-state index is 12.2. The average molecular weight is 287 g/mol. The van der Waals surface area contributed by atoms with Gasteiger partial charge in [-0.05, 0) is 34.6 Å². The zero-order valence-electron chi connectivity index (χ0n) is 12.4. The highest BCUT2D eigenvalue weighted by Crippen LogP contribution is 2.37. The van der Waals surface area contributed by atoms with Crippen LogP contribution in [-0.2, 0) is 23.7 Å². The van der Waals surface area contributed by atoms with Crippen molar-refractivity contribution in [2.45, 2.75) is 64.4 Å². The van der Waals surface area contributed by atoms with E-state index in [0.29, 0.717) is 6.47 Å². The summed E-state index contributed by atoms with van der Waals surface area (Å²) in [6.07, 6.45) is -2.16. The summed E-state index contributed by atoms with van der Waals surface area (Å²) in [5, 5.41) is 0. The summed E-state index contributed by atoms with van der Waals surface area (Å²) in [5.41, 5.74) is -0.606. The molecule has 0 spiro atoms. The molecule has 2 heterocycles. The van der Waals surface area contributed by atoms with Gasteiger partial charge in [0.15, 0.2) is 12.0 Å². The second kappa shape index (κ2) is 4.89. The molecule has 20 heavy (non-hydrogen) atoms. The molecule has 2 rings (SSSR count). The van der Waals surface area contributed by atoms with Gasteiger partial charge >= 0.3 is 6.09 Å². The van der Waals surface area contributed by atoms with E-state index in [2.05, 4.69) is 0 Å². The molecule has 0 N–H and O–H groups in total. The fraction of sp³-hybridized carbons (Fsp3) is 0.846. The van der Waals surface area contributed by atoms with Crippen LogP contribution >= 0.6 is 0 Å². The van der Waals surface area contributed by atoms with Crippen molar-refractivity contribution in [2.75, 3.05) is 6.54 Å². The van der Waals surface area contributed by atoms with E-state index < -0.39 is 35.9 Å². The number of fused-ring (bicyclic) bond motifs is 1. The summed E-state index contributed by atoms with van der Waals surface area (Å²) < 4.78 is 21.7. The normalized spacial score (nSPS) is 31.9. The number of amides is 1. The Hall–Kier alpha value is -1.34. The molecule has 2 fully saturated rings. The zero-order valence-corrected chi connectivity index (χ0v) is 12.4. The second-order valence-electron chi connectivity index (χ2n) is 6.39. The predicted octanol–water partition coefficient (Wildman–Crippen LogP) is 1.26. The van der Waals surface area contributed by atoms with Crippen LogP contribution in [-0.4, -0.2) is 53.8 Å². The van der Waals surface area contributed by atoms with Crippen LogP contribution in [0.25, 0.3) is 0 Å². The van der Waals surface area contributed by atoms with Crippen molar-refractivity contribution in [1.29, 1.82) is 0 Å². The Bertz CT molecular complexity index is 402. The van der Waals surface area contributed by atoms with Crippen molar-refractivity contribution in [2.24, 2.45) is 0 Å². The number of rotatable bonds is 2. The maximum Gasteiger partial charge on any atom is 0.412 e. The molecule has 2 aliphatic rings. The van der Waals surface area contributed by atoms with Gasteiger partial charge in [-0.25, -0.2) is 4.79 Å². The predicted molar refractivity (Wildman–Crippen MR) is 67.7 cm³/mol. The average Bonchev–Trinajstić information content (AvgIpc) is 2.71. The van der Waals surface area contributed by atoms with Crippen LogP contribution in [0.1, 0.15) is 34.6 Å². The lowest BCUT2D eigenvalue weighted by Crippen LogP contribution is -2.42. The van der Waals surface area contributed by atoms with Crippen molar-refractivity contribution in [3.05, 3.63) is 0 Å². The molecule has 0 aromatic rings. The van der Waals surface area contributed by atoms with Gasteiger partial charge in [0.1, 0.15) is 17.8 Å². The summed E-state index contributed by atoms with van der Waals surface area (Å²) in [7, 11) is 0. The van der Waals surface area contributed by atoms with Gasteiger partial charge in [-0.3, -0.25) is 9.69 Å². The van der Waals surface area contributed by atoms with E-state index in [1.54, 1.807) is 34.6 Å². The molecular formula is C13H21NO6. The molecule has 0 aliphatic carbocycles. The highest BCUT2D eigenvalue weighted by Gasteiger charge is 2.56. The van der Waals surface area contributed by atoms with Gasteiger partial charge < -0.3 is 18.9 Å². The number of carbonyl (C=O) groups is 2. The van der Waals surface area contributed by atoms with Crippen molar-refractivity contribution in [3.8, 4) is 0 Å². The van der Waals surface area contributed by atoms with Crippen molar-refractivity contribution < 1.29 is 28.5 Å². The van der Waals surface area contributed by atoms with Crippen molar-refractivity contribution in [3.63, 3.8) is 0 Å². The molecule has 2 saturated heterocycles. The quantitative estimate of drug-likeness (QED) is 0.712. The molecular weight excluding hydrogens is 266 g/mol. The fourth-order valence-corrected chi connectivity index (χ4v) is 2.36. The van der Waals surface area contributed by atoms with E-state index in [1.165, 1.54) is 4.90 Å². The second-order valence-corrected chi connectivity index (χ2v) is 6.39. The lowest BCUT2D eigenvalue weighted by atomic mass is 10.2. The number of likely N-dealkylation sites (tertiary alicyclic amines) is 1. The lowest BCUT2D eigenvalue weighted by molar-refractivity contribution is -0.179. The largest absolute Gasteiger partial charge is 0.460 e. The summed E-state index contributed by atoms with van der Waals surface area (Å²) >= 11 is 0. The third-order valence-electron chi connectivity index (χ3n) is 3.01. The molecule has 0 aromatic carbocycles. The van der Waals surface area contributed by atoms with Gasteiger partial charge in [-0.1, -0.05) is 0 Å². The summed E-state index contributed by atoms with van der Waals surface area (Å²) in [5.74, 6) is -0.833. The Morgan fingerprint density at radius 3 is 2.55 bits per heavy atom. The van der Waals surface area contributed by atoms with E-state index in [9.17, 15) is 9.59 Å². The molecule has 3 atom stereocenters. The monoisotopic (exact) mass is 287 g/mol.